The Kier molecular flexibility index (Phi) is 7.05. The Bertz CT molecular complexity index is 958. The molecule has 1 fully saturated rings. The summed E-state index contributed by atoms with van der Waals surface area (Å²) in [4.78, 5) is 2.52. The lowest BCUT2D eigenvalue weighted by Crippen LogP contribution is -2.45. The van der Waals surface area contributed by atoms with E-state index in [0.717, 1.165) is 47.7 Å². The van der Waals surface area contributed by atoms with Gasteiger partial charge in [-0.05, 0) is 34.9 Å². The summed E-state index contributed by atoms with van der Waals surface area (Å²) in [6.07, 6.45) is 0. The van der Waals surface area contributed by atoms with Crippen molar-refractivity contribution in [2.75, 3.05) is 33.3 Å². The van der Waals surface area contributed by atoms with Crippen molar-refractivity contribution in [2.45, 2.75) is 12.6 Å². The molecule has 5 heteroatoms. The molecule has 1 saturated heterocycles. The molecule has 1 aliphatic heterocycles. The Balaban J connectivity index is 1.64. The van der Waals surface area contributed by atoms with Gasteiger partial charge in [0.05, 0.1) is 13.2 Å². The van der Waals surface area contributed by atoms with Gasteiger partial charge < -0.3 is 14.8 Å². The Morgan fingerprint density at radius 2 is 1.67 bits per heavy atom. The van der Waals surface area contributed by atoms with Crippen LogP contribution in [0.5, 0.6) is 11.5 Å². The molecule has 4 rings (SSSR count). The average molecular weight is 467 g/mol. The molecule has 156 valence electrons. The maximum absolute atomic E-state index is 6.07. The van der Waals surface area contributed by atoms with Crippen LogP contribution in [0, 0.1) is 0 Å². The predicted octanol–water partition coefficient (Wildman–Crippen LogP) is 5.03. The number of halogens is 1. The van der Waals surface area contributed by atoms with Crippen LogP contribution in [-0.4, -0.2) is 38.2 Å². The second-order valence-corrected chi connectivity index (χ2v) is 8.25. The second kappa shape index (κ2) is 10.1. The minimum Gasteiger partial charge on any atom is -0.493 e. The van der Waals surface area contributed by atoms with Gasteiger partial charge in [-0.25, -0.2) is 0 Å². The van der Waals surface area contributed by atoms with Crippen LogP contribution in [0.4, 0.5) is 0 Å². The van der Waals surface area contributed by atoms with Gasteiger partial charge in [-0.15, -0.1) is 0 Å². The lowest BCUT2D eigenvalue weighted by molar-refractivity contribution is 0.197. The van der Waals surface area contributed by atoms with Crippen LogP contribution in [0.15, 0.2) is 77.3 Å². The highest BCUT2D eigenvalue weighted by molar-refractivity contribution is 9.10. The standard InChI is InChI=1S/C25H27BrN2O2/c1-29-24-17-20(11-12-23(24)30-18-19-7-3-2-4-8-19)25(28-15-13-27-14-16-28)21-9-5-6-10-22(21)26/h2-12,17,25,27H,13-16,18H2,1H3. The van der Waals surface area contributed by atoms with Crippen molar-refractivity contribution >= 4 is 15.9 Å². The zero-order valence-electron chi connectivity index (χ0n) is 17.2. The molecule has 1 heterocycles. The van der Waals surface area contributed by atoms with E-state index < -0.39 is 0 Å². The summed E-state index contributed by atoms with van der Waals surface area (Å²) in [6.45, 7) is 4.51. The largest absolute Gasteiger partial charge is 0.493 e. The van der Waals surface area contributed by atoms with Gasteiger partial charge in [0.15, 0.2) is 11.5 Å². The van der Waals surface area contributed by atoms with Crippen molar-refractivity contribution in [3.05, 3.63) is 94.0 Å². The first kappa shape index (κ1) is 20.9. The van der Waals surface area contributed by atoms with Gasteiger partial charge in [0.25, 0.3) is 0 Å². The molecule has 0 bridgehead atoms. The molecule has 0 amide bonds. The van der Waals surface area contributed by atoms with Crippen molar-refractivity contribution < 1.29 is 9.47 Å². The highest BCUT2D eigenvalue weighted by Crippen LogP contribution is 2.38. The Labute approximate surface area is 186 Å². The van der Waals surface area contributed by atoms with E-state index in [4.69, 9.17) is 9.47 Å². The molecule has 1 N–H and O–H groups in total. The molecule has 0 saturated carbocycles. The number of benzene rings is 3. The van der Waals surface area contributed by atoms with Crippen molar-refractivity contribution in [1.82, 2.24) is 10.2 Å². The quantitative estimate of drug-likeness (QED) is 0.529. The summed E-state index contributed by atoms with van der Waals surface area (Å²) in [6, 6.07) is 25.1. The molecule has 0 radical (unpaired) electrons. The average Bonchev–Trinajstić information content (AvgIpc) is 2.81. The number of hydrogen-bond donors (Lipinski definition) is 1. The third-order valence-corrected chi connectivity index (χ3v) is 6.18. The van der Waals surface area contributed by atoms with E-state index in [0.29, 0.717) is 6.61 Å². The van der Waals surface area contributed by atoms with E-state index in [9.17, 15) is 0 Å². The van der Waals surface area contributed by atoms with E-state index in [1.807, 2.05) is 24.3 Å². The molecular formula is C25H27BrN2O2. The summed E-state index contributed by atoms with van der Waals surface area (Å²) in [5, 5.41) is 3.45. The molecule has 1 atom stereocenters. The van der Waals surface area contributed by atoms with Crippen LogP contribution in [0.25, 0.3) is 0 Å². The topological polar surface area (TPSA) is 33.7 Å². The first-order valence-corrected chi connectivity index (χ1v) is 11.1. The lowest BCUT2D eigenvalue weighted by atomic mass is 9.96. The predicted molar refractivity (Wildman–Crippen MR) is 124 cm³/mol. The maximum Gasteiger partial charge on any atom is 0.161 e. The molecule has 3 aromatic carbocycles. The smallest absolute Gasteiger partial charge is 0.161 e. The number of rotatable bonds is 7. The molecule has 3 aromatic rings. The Morgan fingerprint density at radius 1 is 0.933 bits per heavy atom. The first-order valence-electron chi connectivity index (χ1n) is 10.3. The normalized spacial score (nSPS) is 15.5. The molecule has 0 spiro atoms. The maximum atomic E-state index is 6.07. The minimum atomic E-state index is 0.153. The van der Waals surface area contributed by atoms with E-state index in [-0.39, 0.29) is 6.04 Å². The summed E-state index contributed by atoms with van der Waals surface area (Å²) in [7, 11) is 1.70. The molecule has 1 aliphatic rings. The molecule has 30 heavy (non-hydrogen) atoms. The SMILES string of the molecule is COc1cc(C(c2ccccc2Br)N2CCNCC2)ccc1OCc1ccccc1. The van der Waals surface area contributed by atoms with Gasteiger partial charge >= 0.3 is 0 Å². The second-order valence-electron chi connectivity index (χ2n) is 7.39. The fraction of sp³-hybridized carbons (Fsp3) is 0.280. The number of methoxy groups -OCH3 is 1. The van der Waals surface area contributed by atoms with Crippen molar-refractivity contribution in [3.8, 4) is 11.5 Å². The lowest BCUT2D eigenvalue weighted by Gasteiger charge is -2.36. The Hall–Kier alpha value is -2.34. The van der Waals surface area contributed by atoms with Crippen LogP contribution < -0.4 is 14.8 Å². The fourth-order valence-electron chi connectivity index (χ4n) is 3.93. The molecule has 0 aliphatic carbocycles. The zero-order chi connectivity index (χ0) is 20.8. The van der Waals surface area contributed by atoms with E-state index in [2.05, 4.69) is 74.7 Å². The van der Waals surface area contributed by atoms with E-state index in [1.54, 1.807) is 7.11 Å². The number of piperazine rings is 1. The number of ether oxygens (including phenoxy) is 2. The van der Waals surface area contributed by atoms with Gasteiger partial charge in [-0.2, -0.15) is 0 Å². The van der Waals surface area contributed by atoms with E-state index in [1.165, 1.54) is 11.1 Å². The molecule has 1 unspecified atom stereocenters. The van der Waals surface area contributed by atoms with Crippen LogP contribution in [0.1, 0.15) is 22.7 Å². The van der Waals surface area contributed by atoms with Crippen LogP contribution in [0.3, 0.4) is 0 Å². The monoisotopic (exact) mass is 466 g/mol. The van der Waals surface area contributed by atoms with Gasteiger partial charge in [-0.3, -0.25) is 4.90 Å². The van der Waals surface area contributed by atoms with E-state index >= 15 is 0 Å². The highest BCUT2D eigenvalue weighted by Gasteiger charge is 2.26. The van der Waals surface area contributed by atoms with Crippen molar-refractivity contribution in [1.29, 1.82) is 0 Å². The summed E-state index contributed by atoms with van der Waals surface area (Å²) in [5.41, 5.74) is 3.60. The van der Waals surface area contributed by atoms with Gasteiger partial charge in [0.2, 0.25) is 0 Å². The van der Waals surface area contributed by atoms with Crippen molar-refractivity contribution in [2.24, 2.45) is 0 Å². The molecule has 0 aromatic heterocycles. The number of nitrogens with zero attached hydrogens (tertiary/aromatic N) is 1. The van der Waals surface area contributed by atoms with Crippen LogP contribution in [0.2, 0.25) is 0 Å². The summed E-state index contributed by atoms with van der Waals surface area (Å²) in [5.74, 6) is 1.52. The number of hydrogen-bond acceptors (Lipinski definition) is 4. The minimum absolute atomic E-state index is 0.153. The van der Waals surface area contributed by atoms with Gasteiger partial charge in [0.1, 0.15) is 6.61 Å². The summed E-state index contributed by atoms with van der Waals surface area (Å²) >= 11 is 3.76. The van der Waals surface area contributed by atoms with Crippen LogP contribution in [-0.2, 0) is 6.61 Å². The zero-order valence-corrected chi connectivity index (χ0v) is 18.8. The summed E-state index contributed by atoms with van der Waals surface area (Å²) < 4.78 is 12.9. The van der Waals surface area contributed by atoms with Gasteiger partial charge in [0, 0.05) is 30.7 Å². The highest BCUT2D eigenvalue weighted by atomic mass is 79.9. The first-order chi connectivity index (χ1) is 14.8. The van der Waals surface area contributed by atoms with Crippen molar-refractivity contribution in [3.63, 3.8) is 0 Å². The third-order valence-electron chi connectivity index (χ3n) is 5.46. The number of nitrogens with one attached hydrogen (secondary N) is 1. The Morgan fingerprint density at radius 3 is 2.40 bits per heavy atom. The fourth-order valence-corrected chi connectivity index (χ4v) is 4.43. The molecular weight excluding hydrogens is 440 g/mol. The van der Waals surface area contributed by atoms with Crippen LogP contribution >= 0.6 is 15.9 Å². The van der Waals surface area contributed by atoms with Gasteiger partial charge in [-0.1, -0.05) is 70.5 Å². The third kappa shape index (κ3) is 4.86. The molecule has 4 nitrogen and oxygen atoms in total.